The number of hydrogen-bond acceptors (Lipinski definition) is 3. The van der Waals surface area contributed by atoms with E-state index in [1.165, 1.54) is 25.5 Å². The summed E-state index contributed by atoms with van der Waals surface area (Å²) in [6.07, 6.45) is 3.35. The molecule has 0 amide bonds. The molecule has 124 valence electrons. The van der Waals surface area contributed by atoms with Crippen molar-refractivity contribution in [2.45, 2.75) is 45.3 Å². The molecule has 1 atom stereocenters. The molecule has 0 N–H and O–H groups in total. The minimum absolute atomic E-state index is 0.0301. The maximum absolute atomic E-state index is 6.04. The number of ether oxygens (including phenoxy) is 2. The van der Waals surface area contributed by atoms with Gasteiger partial charge in [0.1, 0.15) is 8.07 Å². The molecular formula is C18H23BrO2SSi. The van der Waals surface area contributed by atoms with Crippen LogP contribution in [0.4, 0.5) is 0 Å². The largest absolute Gasteiger partial charge is 0.353 e. The van der Waals surface area contributed by atoms with Crippen LogP contribution in [-0.4, -0.2) is 21.0 Å². The first-order valence-corrected chi connectivity index (χ1v) is 12.8. The maximum Gasteiger partial charge on any atom is 0.158 e. The predicted molar refractivity (Wildman–Crippen MR) is 104 cm³/mol. The first kappa shape index (κ1) is 17.4. The number of halogens is 1. The highest BCUT2D eigenvalue weighted by Gasteiger charge is 2.30. The third kappa shape index (κ3) is 4.14. The van der Waals surface area contributed by atoms with Crippen LogP contribution in [0, 0.1) is 0 Å². The Bertz CT molecular complexity index is 650. The molecule has 0 aliphatic carbocycles. The summed E-state index contributed by atoms with van der Waals surface area (Å²) in [5.74, 6) is 0. The first-order valence-electron chi connectivity index (χ1n) is 8.15. The fraction of sp³-hybridized carbons (Fsp3) is 0.444. The third-order valence-electron chi connectivity index (χ3n) is 4.44. The molecule has 0 spiro atoms. The summed E-state index contributed by atoms with van der Waals surface area (Å²) in [5, 5.41) is 1.46. The number of rotatable bonds is 5. The minimum atomic E-state index is -1.70. The van der Waals surface area contributed by atoms with Crippen molar-refractivity contribution < 1.29 is 9.47 Å². The highest BCUT2D eigenvalue weighted by Crippen LogP contribution is 2.20. The Morgan fingerprint density at radius 2 is 2.04 bits per heavy atom. The van der Waals surface area contributed by atoms with Crippen LogP contribution in [-0.2, 0) is 16.1 Å². The third-order valence-corrected chi connectivity index (χ3v) is 10.9. The molecule has 1 aromatic carbocycles. The summed E-state index contributed by atoms with van der Waals surface area (Å²) < 4.78 is 14.4. The summed E-state index contributed by atoms with van der Waals surface area (Å²) in [5.41, 5.74) is 1.31. The van der Waals surface area contributed by atoms with Gasteiger partial charge in [-0.1, -0.05) is 43.4 Å². The van der Waals surface area contributed by atoms with Gasteiger partial charge >= 0.3 is 0 Å². The Balaban J connectivity index is 1.79. The van der Waals surface area contributed by atoms with E-state index in [1.807, 2.05) is 11.3 Å². The molecule has 2 nitrogen and oxygen atoms in total. The van der Waals surface area contributed by atoms with E-state index in [2.05, 4.69) is 65.4 Å². The van der Waals surface area contributed by atoms with E-state index in [1.54, 1.807) is 0 Å². The van der Waals surface area contributed by atoms with Crippen molar-refractivity contribution in [2.24, 2.45) is 0 Å². The minimum Gasteiger partial charge on any atom is -0.353 e. The van der Waals surface area contributed by atoms with Gasteiger partial charge in [0.15, 0.2) is 6.29 Å². The van der Waals surface area contributed by atoms with Gasteiger partial charge in [-0.15, -0.1) is 11.3 Å². The summed E-state index contributed by atoms with van der Waals surface area (Å²) in [6.45, 7) is 6.31. The van der Waals surface area contributed by atoms with Crippen molar-refractivity contribution in [3.05, 3.63) is 45.7 Å². The standard InChI is InChI=1S/C18H23BrO2SSi/c1-23(2,18-11-10-16(19)22-18)15-8-4-3-7-14(15)13-21-17-9-5-6-12-20-17/h3-4,7-8,10-11,17H,5-6,9,12-13H2,1-2H3. The van der Waals surface area contributed by atoms with Gasteiger partial charge in [0.05, 0.1) is 10.4 Å². The lowest BCUT2D eigenvalue weighted by atomic mass is 10.2. The zero-order valence-corrected chi connectivity index (χ0v) is 17.1. The van der Waals surface area contributed by atoms with Gasteiger partial charge in [0, 0.05) is 6.61 Å². The van der Waals surface area contributed by atoms with Crippen LogP contribution in [0.5, 0.6) is 0 Å². The zero-order valence-electron chi connectivity index (χ0n) is 13.7. The van der Waals surface area contributed by atoms with E-state index in [0.29, 0.717) is 6.61 Å². The molecule has 1 fully saturated rings. The fourth-order valence-corrected chi connectivity index (χ4v) is 8.57. The highest BCUT2D eigenvalue weighted by atomic mass is 79.9. The van der Waals surface area contributed by atoms with Crippen molar-refractivity contribution in [3.63, 3.8) is 0 Å². The van der Waals surface area contributed by atoms with Crippen molar-refractivity contribution in [2.75, 3.05) is 6.61 Å². The van der Waals surface area contributed by atoms with E-state index in [9.17, 15) is 0 Å². The first-order chi connectivity index (χ1) is 11.1. The summed E-state index contributed by atoms with van der Waals surface area (Å²) in [6, 6.07) is 13.2. The second-order valence-corrected chi connectivity index (χ2v) is 13.6. The van der Waals surface area contributed by atoms with Crippen LogP contribution in [0.25, 0.3) is 0 Å². The van der Waals surface area contributed by atoms with Gasteiger partial charge in [-0.25, -0.2) is 0 Å². The summed E-state index contributed by atoms with van der Waals surface area (Å²) in [7, 11) is -1.70. The van der Waals surface area contributed by atoms with Gasteiger partial charge in [0.2, 0.25) is 0 Å². The van der Waals surface area contributed by atoms with Crippen LogP contribution in [0.2, 0.25) is 13.1 Å². The van der Waals surface area contributed by atoms with Gasteiger partial charge in [-0.05, 0) is 56.5 Å². The van der Waals surface area contributed by atoms with Crippen LogP contribution >= 0.6 is 27.3 Å². The second kappa shape index (κ2) is 7.62. The Kier molecular flexibility index (Phi) is 5.75. The zero-order chi connectivity index (χ0) is 16.3. The SMILES string of the molecule is C[Si](C)(c1ccc(Br)s1)c1ccccc1COC1CCCCO1. The molecule has 0 saturated carbocycles. The molecule has 0 radical (unpaired) electrons. The molecule has 1 saturated heterocycles. The molecule has 1 aromatic heterocycles. The maximum atomic E-state index is 6.04. The van der Waals surface area contributed by atoms with Gasteiger partial charge in [-0.3, -0.25) is 0 Å². The lowest BCUT2D eigenvalue weighted by Gasteiger charge is -2.27. The van der Waals surface area contributed by atoms with Crippen molar-refractivity contribution >= 4 is 45.0 Å². The molecule has 1 aliphatic rings. The van der Waals surface area contributed by atoms with Crippen LogP contribution in [0.3, 0.4) is 0 Å². The Hall–Kier alpha value is -0.463. The summed E-state index contributed by atoms with van der Waals surface area (Å²) in [4.78, 5) is 0. The normalized spacial score (nSPS) is 19.0. The Morgan fingerprint density at radius 3 is 2.74 bits per heavy atom. The number of hydrogen-bond donors (Lipinski definition) is 0. The average Bonchev–Trinajstić information content (AvgIpc) is 3.01. The molecule has 0 bridgehead atoms. The van der Waals surface area contributed by atoms with E-state index >= 15 is 0 Å². The Morgan fingerprint density at radius 1 is 1.22 bits per heavy atom. The summed E-state index contributed by atoms with van der Waals surface area (Å²) >= 11 is 5.46. The average molecular weight is 411 g/mol. The molecule has 3 rings (SSSR count). The highest BCUT2D eigenvalue weighted by molar-refractivity contribution is 9.11. The van der Waals surface area contributed by atoms with E-state index in [4.69, 9.17) is 9.47 Å². The predicted octanol–water partition coefficient (Wildman–Crippen LogP) is 4.38. The Labute approximate surface area is 152 Å². The molecule has 2 aromatic rings. The lowest BCUT2D eigenvalue weighted by molar-refractivity contribution is -0.168. The number of benzene rings is 1. The molecular weight excluding hydrogens is 388 g/mol. The topological polar surface area (TPSA) is 18.5 Å². The van der Waals surface area contributed by atoms with Gasteiger partial charge in [0.25, 0.3) is 0 Å². The van der Waals surface area contributed by atoms with Gasteiger partial charge < -0.3 is 9.47 Å². The molecule has 5 heteroatoms. The monoisotopic (exact) mass is 410 g/mol. The quantitative estimate of drug-likeness (QED) is 0.680. The van der Waals surface area contributed by atoms with Gasteiger partial charge in [-0.2, -0.15) is 0 Å². The fourth-order valence-electron chi connectivity index (χ4n) is 3.06. The lowest BCUT2D eigenvalue weighted by Crippen LogP contribution is -2.53. The second-order valence-electron chi connectivity index (χ2n) is 6.49. The molecule has 1 unspecified atom stereocenters. The van der Waals surface area contributed by atoms with Crippen molar-refractivity contribution in [1.82, 2.24) is 0 Å². The number of thiophene rings is 1. The van der Waals surface area contributed by atoms with Crippen LogP contribution in [0.1, 0.15) is 24.8 Å². The molecule has 1 aliphatic heterocycles. The van der Waals surface area contributed by atoms with E-state index in [0.717, 1.165) is 19.4 Å². The smallest absolute Gasteiger partial charge is 0.158 e. The van der Waals surface area contributed by atoms with E-state index in [-0.39, 0.29) is 6.29 Å². The van der Waals surface area contributed by atoms with Crippen LogP contribution < -0.4 is 9.69 Å². The molecule has 2 heterocycles. The van der Waals surface area contributed by atoms with Crippen LogP contribution in [0.15, 0.2) is 40.2 Å². The molecule has 23 heavy (non-hydrogen) atoms. The van der Waals surface area contributed by atoms with Crippen molar-refractivity contribution in [1.29, 1.82) is 0 Å². The van der Waals surface area contributed by atoms with Crippen molar-refractivity contribution in [3.8, 4) is 0 Å². The van der Waals surface area contributed by atoms with E-state index < -0.39 is 8.07 Å².